The Balaban J connectivity index is 1.29. The summed E-state index contributed by atoms with van der Waals surface area (Å²) in [7, 11) is 0. The minimum Gasteiger partial charge on any atom is -0.454 e. The van der Waals surface area contributed by atoms with E-state index in [1.54, 1.807) is 28.4 Å². The maximum Gasteiger partial charge on any atom is 0.256 e. The molecule has 1 saturated heterocycles. The minimum atomic E-state index is -0.709. The Labute approximate surface area is 218 Å². The standard InChI is InChI=1S/C26H29N3O5S2/c1-26(2)21(29-24(32)16-6-4-5-7-17(16)25(29)36-26)23(31)28-18(10-11-35-3)22(30)27-13-15-8-9-19-20(12-15)34-14-33-19/h4-9,12,18,21,25H,10-11,13-14H2,1-3H3,(H,27,30)(H,28,31)/t18-,21+,25-/m0/s1. The van der Waals surface area contributed by atoms with Crippen molar-refractivity contribution in [2.45, 2.75) is 49.0 Å². The third kappa shape index (κ3) is 4.52. The van der Waals surface area contributed by atoms with Gasteiger partial charge in [0, 0.05) is 16.9 Å². The van der Waals surface area contributed by atoms with Crippen LogP contribution in [0.4, 0.5) is 0 Å². The molecule has 3 aliphatic rings. The predicted octanol–water partition coefficient (Wildman–Crippen LogP) is 3.32. The first-order chi connectivity index (χ1) is 17.3. The quantitative estimate of drug-likeness (QED) is 0.544. The van der Waals surface area contributed by atoms with E-state index in [4.69, 9.17) is 9.47 Å². The largest absolute Gasteiger partial charge is 0.454 e. The van der Waals surface area contributed by atoms with Gasteiger partial charge in [-0.1, -0.05) is 24.3 Å². The summed E-state index contributed by atoms with van der Waals surface area (Å²) >= 11 is 3.22. The van der Waals surface area contributed by atoms with E-state index in [0.29, 0.717) is 35.8 Å². The van der Waals surface area contributed by atoms with Crippen LogP contribution in [0.2, 0.25) is 0 Å². The smallest absolute Gasteiger partial charge is 0.256 e. The van der Waals surface area contributed by atoms with Crippen LogP contribution in [0, 0.1) is 0 Å². The molecule has 3 aliphatic heterocycles. The highest BCUT2D eigenvalue weighted by molar-refractivity contribution is 8.01. The fraction of sp³-hybridized carbons (Fsp3) is 0.423. The molecule has 8 nitrogen and oxygen atoms in total. The molecule has 0 bridgehead atoms. The topological polar surface area (TPSA) is 97.0 Å². The van der Waals surface area contributed by atoms with Crippen LogP contribution in [-0.2, 0) is 16.1 Å². The van der Waals surface area contributed by atoms with Crippen molar-refractivity contribution in [3.05, 3.63) is 59.2 Å². The summed E-state index contributed by atoms with van der Waals surface area (Å²) in [6.07, 6.45) is 2.45. The van der Waals surface area contributed by atoms with Gasteiger partial charge in [0.1, 0.15) is 17.5 Å². The van der Waals surface area contributed by atoms with Crippen molar-refractivity contribution in [1.29, 1.82) is 0 Å². The van der Waals surface area contributed by atoms with Gasteiger partial charge in [0.15, 0.2) is 11.5 Å². The molecule has 2 aromatic carbocycles. The van der Waals surface area contributed by atoms with Crippen molar-refractivity contribution in [1.82, 2.24) is 15.5 Å². The van der Waals surface area contributed by atoms with E-state index in [-0.39, 0.29) is 29.9 Å². The molecule has 3 amide bonds. The fourth-order valence-electron chi connectivity index (χ4n) is 4.92. The van der Waals surface area contributed by atoms with Crippen molar-refractivity contribution in [2.75, 3.05) is 18.8 Å². The lowest BCUT2D eigenvalue weighted by molar-refractivity contribution is -0.132. The first-order valence-electron chi connectivity index (χ1n) is 11.8. The van der Waals surface area contributed by atoms with E-state index in [1.165, 1.54) is 0 Å². The number of carbonyl (C=O) groups is 3. The molecule has 1 fully saturated rings. The zero-order chi connectivity index (χ0) is 25.4. The van der Waals surface area contributed by atoms with Gasteiger partial charge in [-0.05, 0) is 61.6 Å². The van der Waals surface area contributed by atoms with Gasteiger partial charge in [-0.15, -0.1) is 11.8 Å². The lowest BCUT2D eigenvalue weighted by atomic mass is 10.00. The zero-order valence-electron chi connectivity index (χ0n) is 20.4. The summed E-state index contributed by atoms with van der Waals surface area (Å²) in [5.74, 6) is 1.35. The summed E-state index contributed by atoms with van der Waals surface area (Å²) in [5, 5.41) is 5.71. The van der Waals surface area contributed by atoms with Crippen LogP contribution >= 0.6 is 23.5 Å². The Morgan fingerprint density at radius 3 is 2.78 bits per heavy atom. The fourth-order valence-corrected chi connectivity index (χ4v) is 6.98. The molecule has 3 heterocycles. The molecule has 0 aliphatic carbocycles. The van der Waals surface area contributed by atoms with Crippen LogP contribution in [-0.4, -0.2) is 58.3 Å². The molecule has 0 radical (unpaired) electrons. The molecule has 0 unspecified atom stereocenters. The average molecular weight is 528 g/mol. The third-order valence-electron chi connectivity index (χ3n) is 6.69. The second-order valence-electron chi connectivity index (χ2n) is 9.52. The molecule has 3 atom stereocenters. The molecule has 10 heteroatoms. The molecule has 0 saturated carbocycles. The molecule has 190 valence electrons. The molecular weight excluding hydrogens is 498 g/mol. The van der Waals surface area contributed by atoms with Gasteiger partial charge in [0.25, 0.3) is 5.91 Å². The minimum absolute atomic E-state index is 0.137. The third-order valence-corrected chi connectivity index (χ3v) is 8.87. The summed E-state index contributed by atoms with van der Waals surface area (Å²) in [6.45, 7) is 4.45. The highest BCUT2D eigenvalue weighted by Crippen LogP contribution is 2.56. The summed E-state index contributed by atoms with van der Waals surface area (Å²) < 4.78 is 10.2. The molecule has 5 rings (SSSR count). The van der Waals surface area contributed by atoms with E-state index in [1.807, 2.05) is 62.6 Å². The van der Waals surface area contributed by atoms with E-state index < -0.39 is 16.8 Å². The molecule has 36 heavy (non-hydrogen) atoms. The maximum atomic E-state index is 13.6. The van der Waals surface area contributed by atoms with Crippen LogP contribution in [0.25, 0.3) is 0 Å². The van der Waals surface area contributed by atoms with Crippen molar-refractivity contribution >= 4 is 41.2 Å². The first-order valence-corrected chi connectivity index (χ1v) is 14.1. The van der Waals surface area contributed by atoms with Gasteiger partial charge < -0.3 is 25.0 Å². The Bertz CT molecular complexity index is 1200. The number of hydrogen-bond donors (Lipinski definition) is 2. The Hall–Kier alpha value is -2.85. The second kappa shape index (κ2) is 9.89. The van der Waals surface area contributed by atoms with Gasteiger partial charge in [-0.2, -0.15) is 11.8 Å². The summed E-state index contributed by atoms with van der Waals surface area (Å²) in [6, 6.07) is 11.6. The van der Waals surface area contributed by atoms with Crippen molar-refractivity contribution < 1.29 is 23.9 Å². The van der Waals surface area contributed by atoms with E-state index in [2.05, 4.69) is 10.6 Å². The second-order valence-corrected chi connectivity index (χ2v) is 12.2. The van der Waals surface area contributed by atoms with Crippen molar-refractivity contribution in [3.8, 4) is 11.5 Å². The molecule has 2 aromatic rings. The van der Waals surface area contributed by atoms with Crippen molar-refractivity contribution in [2.24, 2.45) is 0 Å². The first kappa shape index (κ1) is 24.8. The zero-order valence-corrected chi connectivity index (χ0v) is 22.0. The number of benzene rings is 2. The number of amides is 3. The lowest BCUT2D eigenvalue weighted by Gasteiger charge is -2.31. The van der Waals surface area contributed by atoms with E-state index >= 15 is 0 Å². The number of rotatable bonds is 8. The number of hydrogen-bond acceptors (Lipinski definition) is 7. The number of fused-ring (bicyclic) bond motifs is 4. The van der Waals surface area contributed by atoms with Crippen LogP contribution in [0.5, 0.6) is 11.5 Å². The van der Waals surface area contributed by atoms with Crippen LogP contribution < -0.4 is 20.1 Å². The van der Waals surface area contributed by atoms with Gasteiger partial charge in [0.05, 0.1) is 0 Å². The predicted molar refractivity (Wildman–Crippen MR) is 140 cm³/mol. The monoisotopic (exact) mass is 527 g/mol. The number of nitrogens with zero attached hydrogens (tertiary/aromatic N) is 1. The van der Waals surface area contributed by atoms with Crippen LogP contribution in [0.1, 0.15) is 47.1 Å². The Morgan fingerprint density at radius 2 is 1.97 bits per heavy atom. The number of nitrogens with one attached hydrogen (secondary N) is 2. The summed E-state index contributed by atoms with van der Waals surface area (Å²) in [4.78, 5) is 41.7. The van der Waals surface area contributed by atoms with Gasteiger partial charge in [-0.25, -0.2) is 0 Å². The molecular formula is C26H29N3O5S2. The number of thioether (sulfide) groups is 2. The van der Waals surface area contributed by atoms with E-state index in [9.17, 15) is 14.4 Å². The molecule has 2 N–H and O–H groups in total. The molecule has 0 spiro atoms. The van der Waals surface area contributed by atoms with Crippen LogP contribution in [0.3, 0.4) is 0 Å². The van der Waals surface area contributed by atoms with Gasteiger partial charge >= 0.3 is 0 Å². The van der Waals surface area contributed by atoms with Gasteiger partial charge in [0.2, 0.25) is 18.6 Å². The van der Waals surface area contributed by atoms with Crippen molar-refractivity contribution in [3.63, 3.8) is 0 Å². The normalized spacial score (nSPS) is 21.6. The SMILES string of the molecule is CSCC[C@H](NC(=O)[C@H]1N2C(=O)c3ccccc3[C@@H]2SC1(C)C)C(=O)NCc1ccc2c(c1)OCO2. The highest BCUT2D eigenvalue weighted by atomic mass is 32.2. The number of ether oxygens (including phenoxy) is 2. The van der Waals surface area contributed by atoms with Crippen LogP contribution in [0.15, 0.2) is 42.5 Å². The van der Waals surface area contributed by atoms with Gasteiger partial charge in [-0.3, -0.25) is 14.4 Å². The number of carbonyl (C=O) groups excluding carboxylic acids is 3. The molecule has 0 aromatic heterocycles. The van der Waals surface area contributed by atoms with E-state index in [0.717, 1.165) is 11.1 Å². The lowest BCUT2D eigenvalue weighted by Crippen LogP contribution is -2.57. The highest BCUT2D eigenvalue weighted by Gasteiger charge is 2.57. The average Bonchev–Trinajstić information content (AvgIpc) is 3.51. The maximum absolute atomic E-state index is 13.6. The summed E-state index contributed by atoms with van der Waals surface area (Å²) in [5.41, 5.74) is 2.46. The Morgan fingerprint density at radius 1 is 1.19 bits per heavy atom. The Kier molecular flexibility index (Phi) is 6.82.